The first-order valence-electron chi connectivity index (χ1n) is 7.69. The zero-order valence-electron chi connectivity index (χ0n) is 12.6. The van der Waals surface area contributed by atoms with Crippen LogP contribution < -0.4 is 5.73 Å². The van der Waals surface area contributed by atoms with E-state index >= 15 is 0 Å². The summed E-state index contributed by atoms with van der Waals surface area (Å²) >= 11 is 0. The predicted octanol–water partition coefficient (Wildman–Crippen LogP) is 2.51. The van der Waals surface area contributed by atoms with Crippen molar-refractivity contribution in [1.29, 1.82) is 0 Å². The van der Waals surface area contributed by atoms with Crippen molar-refractivity contribution in [2.45, 2.75) is 45.6 Å². The maximum absolute atomic E-state index is 12.3. The molecule has 2 atom stereocenters. The van der Waals surface area contributed by atoms with Crippen molar-refractivity contribution < 1.29 is 4.79 Å². The average Bonchev–Trinajstić information content (AvgIpc) is 2.46. The number of carbonyl (C=O) groups is 1. The van der Waals surface area contributed by atoms with Gasteiger partial charge < -0.3 is 10.6 Å². The number of rotatable bonds is 4. The van der Waals surface area contributed by atoms with Gasteiger partial charge in [-0.1, -0.05) is 37.6 Å². The molecule has 1 aliphatic heterocycles. The van der Waals surface area contributed by atoms with Crippen molar-refractivity contribution >= 4 is 5.91 Å². The lowest BCUT2D eigenvalue weighted by atomic mass is 9.90. The first-order chi connectivity index (χ1) is 9.61. The lowest BCUT2D eigenvalue weighted by molar-refractivity contribution is -0.133. The molecule has 1 amide bonds. The standard InChI is InChI=1S/C17H26N2O/c1-3-14-12-19(11-10-16(14)18)17(20)9-8-15-7-5-4-6-13(15)2/h4-7,14,16H,3,8-12,18H2,1-2H3. The molecular formula is C17H26N2O. The van der Waals surface area contributed by atoms with Gasteiger partial charge in [0.25, 0.3) is 0 Å². The molecule has 1 aliphatic rings. The van der Waals surface area contributed by atoms with E-state index < -0.39 is 0 Å². The number of piperidine rings is 1. The average molecular weight is 274 g/mol. The minimum absolute atomic E-state index is 0.264. The Hall–Kier alpha value is -1.35. The van der Waals surface area contributed by atoms with Crippen LogP contribution >= 0.6 is 0 Å². The molecule has 110 valence electrons. The third-order valence-electron chi connectivity index (χ3n) is 4.54. The van der Waals surface area contributed by atoms with Gasteiger partial charge in [-0.15, -0.1) is 0 Å². The number of hydrogen-bond acceptors (Lipinski definition) is 2. The number of likely N-dealkylation sites (tertiary alicyclic amines) is 1. The molecule has 1 fully saturated rings. The second-order valence-corrected chi connectivity index (χ2v) is 5.89. The van der Waals surface area contributed by atoms with E-state index in [-0.39, 0.29) is 11.9 Å². The van der Waals surface area contributed by atoms with E-state index in [1.54, 1.807) is 0 Å². The number of hydrogen-bond donors (Lipinski definition) is 1. The van der Waals surface area contributed by atoms with Gasteiger partial charge in [-0.25, -0.2) is 0 Å². The van der Waals surface area contributed by atoms with Crippen molar-refractivity contribution in [1.82, 2.24) is 4.90 Å². The molecule has 2 N–H and O–H groups in total. The largest absolute Gasteiger partial charge is 0.342 e. The summed E-state index contributed by atoms with van der Waals surface area (Å²) in [5, 5.41) is 0. The van der Waals surface area contributed by atoms with Crippen molar-refractivity contribution in [2.75, 3.05) is 13.1 Å². The monoisotopic (exact) mass is 274 g/mol. The van der Waals surface area contributed by atoms with Gasteiger partial charge in [-0.05, 0) is 36.8 Å². The molecule has 1 saturated heterocycles. The van der Waals surface area contributed by atoms with Gasteiger partial charge in [0.2, 0.25) is 5.91 Å². The fraction of sp³-hybridized carbons (Fsp3) is 0.588. The molecule has 1 aromatic carbocycles. The van der Waals surface area contributed by atoms with E-state index in [4.69, 9.17) is 5.73 Å². The smallest absolute Gasteiger partial charge is 0.222 e. The Morgan fingerprint density at radius 2 is 2.15 bits per heavy atom. The summed E-state index contributed by atoms with van der Waals surface area (Å²) in [6, 6.07) is 8.56. The molecule has 1 aromatic rings. The second-order valence-electron chi connectivity index (χ2n) is 5.89. The molecule has 0 bridgehead atoms. The van der Waals surface area contributed by atoms with E-state index in [1.165, 1.54) is 11.1 Å². The zero-order valence-corrected chi connectivity index (χ0v) is 12.6. The summed E-state index contributed by atoms with van der Waals surface area (Å²) < 4.78 is 0. The van der Waals surface area contributed by atoms with Gasteiger partial charge in [0.1, 0.15) is 0 Å². The number of nitrogens with two attached hydrogens (primary N) is 1. The van der Waals surface area contributed by atoms with Crippen LogP contribution in [0.15, 0.2) is 24.3 Å². The Bertz CT molecular complexity index is 458. The fourth-order valence-corrected chi connectivity index (χ4v) is 3.00. The number of carbonyl (C=O) groups excluding carboxylic acids is 1. The van der Waals surface area contributed by atoms with Gasteiger partial charge in [0.15, 0.2) is 0 Å². The zero-order chi connectivity index (χ0) is 14.5. The highest BCUT2D eigenvalue weighted by molar-refractivity contribution is 5.76. The topological polar surface area (TPSA) is 46.3 Å². The summed E-state index contributed by atoms with van der Waals surface area (Å²) in [6.07, 6.45) is 3.44. The SMILES string of the molecule is CCC1CN(C(=O)CCc2ccccc2C)CCC1N. The number of amides is 1. The summed E-state index contributed by atoms with van der Waals surface area (Å²) in [5.74, 6) is 0.741. The van der Waals surface area contributed by atoms with Gasteiger partial charge in [-0.2, -0.15) is 0 Å². The fourth-order valence-electron chi connectivity index (χ4n) is 3.00. The molecule has 0 radical (unpaired) electrons. The Kier molecular flexibility index (Phi) is 5.18. The first-order valence-corrected chi connectivity index (χ1v) is 7.69. The number of benzene rings is 1. The summed E-state index contributed by atoms with van der Waals surface area (Å²) in [4.78, 5) is 14.3. The molecule has 0 aromatic heterocycles. The lowest BCUT2D eigenvalue weighted by Crippen LogP contribution is -2.49. The van der Waals surface area contributed by atoms with Crippen LogP contribution in [0.25, 0.3) is 0 Å². The third-order valence-corrected chi connectivity index (χ3v) is 4.54. The molecule has 3 nitrogen and oxygen atoms in total. The van der Waals surface area contributed by atoms with E-state index in [0.717, 1.165) is 32.4 Å². The second kappa shape index (κ2) is 6.89. The number of nitrogens with zero attached hydrogens (tertiary/aromatic N) is 1. The molecule has 2 unspecified atom stereocenters. The molecule has 0 aliphatic carbocycles. The van der Waals surface area contributed by atoms with Crippen molar-refractivity contribution in [3.05, 3.63) is 35.4 Å². The van der Waals surface area contributed by atoms with Crippen LogP contribution in [0.3, 0.4) is 0 Å². The summed E-state index contributed by atoms with van der Waals surface area (Å²) in [7, 11) is 0. The highest BCUT2D eigenvalue weighted by Crippen LogP contribution is 2.20. The molecule has 20 heavy (non-hydrogen) atoms. The van der Waals surface area contributed by atoms with Gasteiger partial charge >= 0.3 is 0 Å². The van der Waals surface area contributed by atoms with Crippen LogP contribution in [0.1, 0.15) is 37.3 Å². The Morgan fingerprint density at radius 1 is 1.40 bits per heavy atom. The number of aryl methyl sites for hydroxylation is 2. The van der Waals surface area contributed by atoms with Gasteiger partial charge in [-0.3, -0.25) is 4.79 Å². The summed E-state index contributed by atoms with van der Waals surface area (Å²) in [6.45, 7) is 5.92. The van der Waals surface area contributed by atoms with Crippen LogP contribution in [0.4, 0.5) is 0 Å². The van der Waals surface area contributed by atoms with Gasteiger partial charge in [0, 0.05) is 25.6 Å². The lowest BCUT2D eigenvalue weighted by Gasteiger charge is -2.36. The molecule has 2 rings (SSSR count). The van der Waals surface area contributed by atoms with Gasteiger partial charge in [0.05, 0.1) is 0 Å². The van der Waals surface area contributed by atoms with Crippen LogP contribution in [0.5, 0.6) is 0 Å². The van der Waals surface area contributed by atoms with Crippen molar-refractivity contribution in [3.63, 3.8) is 0 Å². The first kappa shape index (κ1) is 15.0. The van der Waals surface area contributed by atoms with E-state index in [9.17, 15) is 4.79 Å². The van der Waals surface area contributed by atoms with Crippen LogP contribution in [0, 0.1) is 12.8 Å². The van der Waals surface area contributed by atoms with Crippen molar-refractivity contribution in [2.24, 2.45) is 11.7 Å². The molecule has 0 saturated carbocycles. The molecule has 0 spiro atoms. The minimum atomic E-state index is 0.264. The van der Waals surface area contributed by atoms with Crippen molar-refractivity contribution in [3.8, 4) is 0 Å². The van der Waals surface area contributed by atoms with E-state index in [2.05, 4.69) is 26.0 Å². The Balaban J connectivity index is 1.88. The maximum Gasteiger partial charge on any atom is 0.222 e. The van der Waals surface area contributed by atoms with Crippen LogP contribution in [0.2, 0.25) is 0 Å². The highest BCUT2D eigenvalue weighted by Gasteiger charge is 2.27. The quantitative estimate of drug-likeness (QED) is 0.917. The maximum atomic E-state index is 12.3. The summed E-state index contributed by atoms with van der Waals surface area (Å²) in [5.41, 5.74) is 8.65. The highest BCUT2D eigenvalue weighted by atomic mass is 16.2. The molecule has 1 heterocycles. The third kappa shape index (κ3) is 3.60. The van der Waals surface area contributed by atoms with Crippen LogP contribution in [-0.2, 0) is 11.2 Å². The normalized spacial score (nSPS) is 22.9. The van der Waals surface area contributed by atoms with E-state index in [0.29, 0.717) is 12.3 Å². The Morgan fingerprint density at radius 3 is 2.85 bits per heavy atom. The van der Waals surface area contributed by atoms with Crippen LogP contribution in [-0.4, -0.2) is 29.9 Å². The molecule has 3 heteroatoms. The Labute approximate surface area is 122 Å². The predicted molar refractivity (Wildman–Crippen MR) is 82.5 cm³/mol. The minimum Gasteiger partial charge on any atom is -0.342 e. The van der Waals surface area contributed by atoms with E-state index in [1.807, 2.05) is 17.0 Å². The molecular weight excluding hydrogens is 248 g/mol.